The van der Waals surface area contributed by atoms with Crippen molar-refractivity contribution in [2.24, 2.45) is 5.92 Å². The quantitative estimate of drug-likeness (QED) is 0.755. The van der Waals surface area contributed by atoms with E-state index in [1.54, 1.807) is 13.8 Å². The highest BCUT2D eigenvalue weighted by Gasteiger charge is 2.27. The van der Waals surface area contributed by atoms with Gasteiger partial charge in [0.1, 0.15) is 24.2 Å². The smallest absolute Gasteiger partial charge is 0.328 e. The predicted octanol–water partition coefficient (Wildman–Crippen LogP) is 0.436. The first-order chi connectivity index (χ1) is 11.3. The van der Waals surface area contributed by atoms with Gasteiger partial charge in [0.2, 0.25) is 5.91 Å². The van der Waals surface area contributed by atoms with E-state index in [-0.39, 0.29) is 18.0 Å². The molecular formula is C16H22N4O4. The van der Waals surface area contributed by atoms with Crippen molar-refractivity contribution in [3.8, 4) is 6.07 Å². The summed E-state index contributed by atoms with van der Waals surface area (Å²) in [6.45, 7) is 6.61. The van der Waals surface area contributed by atoms with Gasteiger partial charge in [-0.1, -0.05) is 20.3 Å². The molecule has 0 unspecified atom stereocenters. The van der Waals surface area contributed by atoms with E-state index in [1.807, 2.05) is 19.9 Å². The molecule has 1 rings (SSSR count). The van der Waals surface area contributed by atoms with E-state index in [1.165, 1.54) is 7.11 Å². The Morgan fingerprint density at radius 3 is 2.54 bits per heavy atom. The van der Waals surface area contributed by atoms with Crippen molar-refractivity contribution in [3.63, 3.8) is 0 Å². The van der Waals surface area contributed by atoms with Crippen LogP contribution in [-0.2, 0) is 20.9 Å². The normalized spacial score (nSPS) is 12.8. The lowest BCUT2D eigenvalue weighted by molar-refractivity contribution is -0.146. The summed E-state index contributed by atoms with van der Waals surface area (Å²) in [5.74, 6) is -1.22. The van der Waals surface area contributed by atoms with Gasteiger partial charge in [-0.25, -0.2) is 9.48 Å². The van der Waals surface area contributed by atoms with Gasteiger partial charge in [-0.15, -0.1) is 0 Å². The Kier molecular flexibility index (Phi) is 6.65. The summed E-state index contributed by atoms with van der Waals surface area (Å²) in [6.07, 6.45) is 0.667. The number of carbonyl (C=O) groups excluding carboxylic acids is 2. The number of rotatable bonds is 6. The van der Waals surface area contributed by atoms with Crippen LogP contribution in [0, 0.1) is 31.1 Å². The third-order valence-electron chi connectivity index (χ3n) is 4.03. The SMILES string of the molecule is CC[C@@H](C)[C@H](NC(=O)Cn1nc(C)c(C)c(C#N)c1=O)C(=O)OC. The highest BCUT2D eigenvalue weighted by molar-refractivity contribution is 5.84. The van der Waals surface area contributed by atoms with Gasteiger partial charge in [0.25, 0.3) is 5.56 Å². The van der Waals surface area contributed by atoms with Gasteiger partial charge in [-0.3, -0.25) is 9.59 Å². The molecule has 0 bridgehead atoms. The van der Waals surface area contributed by atoms with E-state index in [4.69, 9.17) is 10.00 Å². The molecule has 0 radical (unpaired) electrons. The molecule has 8 nitrogen and oxygen atoms in total. The van der Waals surface area contributed by atoms with Crippen LogP contribution in [0.15, 0.2) is 4.79 Å². The number of nitrogens with zero attached hydrogens (tertiary/aromatic N) is 3. The molecule has 24 heavy (non-hydrogen) atoms. The van der Waals surface area contributed by atoms with Crippen molar-refractivity contribution >= 4 is 11.9 Å². The molecule has 0 spiro atoms. The summed E-state index contributed by atoms with van der Waals surface area (Å²) in [5.41, 5.74) is 0.312. The van der Waals surface area contributed by atoms with Crippen LogP contribution in [-0.4, -0.2) is 34.8 Å². The number of hydrogen-bond acceptors (Lipinski definition) is 6. The predicted molar refractivity (Wildman–Crippen MR) is 86.1 cm³/mol. The molecule has 0 saturated carbocycles. The number of esters is 1. The van der Waals surface area contributed by atoms with Gasteiger partial charge in [0.15, 0.2) is 0 Å². The highest BCUT2D eigenvalue weighted by Crippen LogP contribution is 2.09. The number of nitrogens with one attached hydrogen (secondary N) is 1. The molecule has 8 heteroatoms. The van der Waals surface area contributed by atoms with Crippen LogP contribution >= 0.6 is 0 Å². The number of nitriles is 1. The zero-order chi connectivity index (χ0) is 18.4. The second-order valence-electron chi connectivity index (χ2n) is 5.61. The minimum absolute atomic E-state index is 0.0401. The Morgan fingerprint density at radius 2 is 2.04 bits per heavy atom. The fourth-order valence-corrected chi connectivity index (χ4v) is 2.16. The van der Waals surface area contributed by atoms with Crippen molar-refractivity contribution in [1.29, 1.82) is 5.26 Å². The fourth-order valence-electron chi connectivity index (χ4n) is 2.16. The average Bonchev–Trinajstić information content (AvgIpc) is 2.56. The Morgan fingerprint density at radius 1 is 1.42 bits per heavy atom. The van der Waals surface area contributed by atoms with E-state index in [9.17, 15) is 14.4 Å². The molecule has 1 heterocycles. The maximum absolute atomic E-state index is 12.2. The second kappa shape index (κ2) is 8.24. The Labute approximate surface area is 140 Å². The van der Waals surface area contributed by atoms with Gasteiger partial charge in [-0.2, -0.15) is 10.4 Å². The number of amides is 1. The van der Waals surface area contributed by atoms with Crippen LogP contribution in [0.3, 0.4) is 0 Å². The van der Waals surface area contributed by atoms with Gasteiger partial charge in [-0.05, 0) is 25.3 Å². The van der Waals surface area contributed by atoms with Crippen molar-refractivity contribution in [2.45, 2.75) is 46.7 Å². The van der Waals surface area contributed by atoms with Crippen LogP contribution in [0.5, 0.6) is 0 Å². The van der Waals surface area contributed by atoms with Gasteiger partial charge < -0.3 is 10.1 Å². The first-order valence-electron chi connectivity index (χ1n) is 7.62. The lowest BCUT2D eigenvalue weighted by Gasteiger charge is -2.22. The molecule has 0 saturated heterocycles. The number of hydrogen-bond donors (Lipinski definition) is 1. The molecule has 0 aliphatic rings. The molecule has 1 aromatic heterocycles. The molecule has 1 N–H and O–H groups in total. The van der Waals surface area contributed by atoms with Crippen LogP contribution in [0.4, 0.5) is 0 Å². The third-order valence-corrected chi connectivity index (χ3v) is 4.03. The highest BCUT2D eigenvalue weighted by atomic mass is 16.5. The zero-order valence-corrected chi connectivity index (χ0v) is 14.5. The van der Waals surface area contributed by atoms with Gasteiger partial charge >= 0.3 is 5.97 Å². The van der Waals surface area contributed by atoms with Crippen molar-refractivity contribution in [3.05, 3.63) is 27.2 Å². The first kappa shape index (κ1) is 19.4. The molecule has 0 fully saturated rings. The van der Waals surface area contributed by atoms with Crippen molar-refractivity contribution in [1.82, 2.24) is 15.1 Å². The van der Waals surface area contributed by atoms with E-state index >= 15 is 0 Å². The average molecular weight is 334 g/mol. The number of aromatic nitrogens is 2. The summed E-state index contributed by atoms with van der Waals surface area (Å²) in [4.78, 5) is 36.2. The summed E-state index contributed by atoms with van der Waals surface area (Å²) < 4.78 is 5.63. The Bertz CT molecular complexity index is 733. The number of ether oxygens (including phenoxy) is 1. The van der Waals surface area contributed by atoms with E-state index in [2.05, 4.69) is 10.4 Å². The standard InChI is InChI=1S/C16H22N4O4/c1-6-9(2)14(16(23)24-5)18-13(21)8-20-15(22)12(7-17)10(3)11(4)19-20/h9,14H,6,8H2,1-5H3,(H,18,21)/t9-,14+/m1/s1. The Hall–Kier alpha value is -2.69. The molecule has 2 atom stereocenters. The van der Waals surface area contributed by atoms with Gasteiger partial charge in [0, 0.05) is 0 Å². The van der Waals surface area contributed by atoms with E-state index < -0.39 is 23.5 Å². The lowest BCUT2D eigenvalue weighted by atomic mass is 9.99. The van der Waals surface area contributed by atoms with Crippen LogP contribution in [0.25, 0.3) is 0 Å². The molecule has 130 valence electrons. The number of aryl methyl sites for hydroxylation is 1. The molecule has 0 aliphatic carbocycles. The van der Waals surface area contributed by atoms with Crippen LogP contribution in [0.1, 0.15) is 37.1 Å². The molecule has 0 aliphatic heterocycles. The van der Waals surface area contributed by atoms with Gasteiger partial charge in [0.05, 0.1) is 12.8 Å². The van der Waals surface area contributed by atoms with Crippen LogP contribution in [0.2, 0.25) is 0 Å². The summed E-state index contributed by atoms with van der Waals surface area (Å²) in [6, 6.07) is 1.03. The second-order valence-corrected chi connectivity index (χ2v) is 5.61. The Balaban J connectivity index is 3.04. The summed E-state index contributed by atoms with van der Waals surface area (Å²) in [5, 5.41) is 15.7. The van der Waals surface area contributed by atoms with Crippen LogP contribution < -0.4 is 10.9 Å². The monoisotopic (exact) mass is 334 g/mol. The van der Waals surface area contributed by atoms with E-state index in [0.717, 1.165) is 4.68 Å². The lowest BCUT2D eigenvalue weighted by Crippen LogP contribution is -2.47. The molecule has 1 aromatic rings. The van der Waals surface area contributed by atoms with Crippen molar-refractivity contribution in [2.75, 3.05) is 7.11 Å². The first-order valence-corrected chi connectivity index (χ1v) is 7.62. The van der Waals surface area contributed by atoms with Crippen molar-refractivity contribution < 1.29 is 14.3 Å². The number of carbonyl (C=O) groups is 2. The fraction of sp³-hybridized carbons (Fsp3) is 0.562. The summed E-state index contributed by atoms with van der Waals surface area (Å²) in [7, 11) is 1.25. The maximum Gasteiger partial charge on any atom is 0.328 e. The third kappa shape index (κ3) is 4.19. The molecular weight excluding hydrogens is 312 g/mol. The molecule has 1 amide bonds. The van der Waals surface area contributed by atoms with E-state index in [0.29, 0.717) is 17.7 Å². The summed E-state index contributed by atoms with van der Waals surface area (Å²) >= 11 is 0. The topological polar surface area (TPSA) is 114 Å². The number of methoxy groups -OCH3 is 1. The minimum atomic E-state index is -0.801. The molecule has 0 aromatic carbocycles. The zero-order valence-electron chi connectivity index (χ0n) is 14.5. The maximum atomic E-state index is 12.2. The minimum Gasteiger partial charge on any atom is -0.467 e. The largest absolute Gasteiger partial charge is 0.467 e.